The highest BCUT2D eigenvalue weighted by Gasteiger charge is 2.28. The van der Waals surface area contributed by atoms with Crippen LogP contribution in [0.5, 0.6) is 0 Å². The van der Waals surface area contributed by atoms with E-state index in [1.807, 2.05) is 51.1 Å². The number of nitrogens with two attached hydrogens (primary N) is 1. The number of carbonyl (C=O) groups excluding carboxylic acids is 1. The van der Waals surface area contributed by atoms with Crippen LogP contribution in [-0.2, 0) is 11.8 Å². The maximum Gasteiger partial charge on any atom is 0.233 e. The standard InChI is InChI=1S/C19H23N7OS/c1-19(2,20)11-22-18(27)16-4-12(10-28-16)15-7-24-26-9-13(5-21-17(15)26)14-6-23-25(3)8-14/h5-10,16H,4,11,20H2,1-3H3,(H,22,27). The van der Waals surface area contributed by atoms with Crippen LogP contribution < -0.4 is 11.1 Å². The first-order valence-corrected chi connectivity index (χ1v) is 9.98. The summed E-state index contributed by atoms with van der Waals surface area (Å²) < 4.78 is 3.53. The Morgan fingerprint density at radius 2 is 2.07 bits per heavy atom. The van der Waals surface area contributed by atoms with Crippen LogP contribution in [0.4, 0.5) is 0 Å². The first kappa shape index (κ1) is 18.7. The molecule has 0 aliphatic carbocycles. The highest BCUT2D eigenvalue weighted by molar-refractivity contribution is 8.03. The quantitative estimate of drug-likeness (QED) is 0.681. The molecular weight excluding hydrogens is 374 g/mol. The predicted molar refractivity (Wildman–Crippen MR) is 110 cm³/mol. The number of allylic oxidation sites excluding steroid dienone is 1. The molecule has 1 unspecified atom stereocenters. The maximum atomic E-state index is 12.4. The van der Waals surface area contributed by atoms with E-state index in [1.54, 1.807) is 15.4 Å². The number of aryl methyl sites for hydroxylation is 1. The van der Waals surface area contributed by atoms with E-state index in [0.29, 0.717) is 13.0 Å². The maximum absolute atomic E-state index is 12.4. The number of nitrogens with one attached hydrogen (secondary N) is 1. The fourth-order valence-electron chi connectivity index (χ4n) is 3.04. The van der Waals surface area contributed by atoms with Crippen molar-refractivity contribution in [1.29, 1.82) is 0 Å². The van der Waals surface area contributed by atoms with Gasteiger partial charge in [-0.05, 0) is 31.2 Å². The van der Waals surface area contributed by atoms with Gasteiger partial charge in [0.05, 0.1) is 17.6 Å². The minimum Gasteiger partial charge on any atom is -0.353 e. The van der Waals surface area contributed by atoms with Gasteiger partial charge in [-0.1, -0.05) is 0 Å². The lowest BCUT2D eigenvalue weighted by Gasteiger charge is -2.20. The van der Waals surface area contributed by atoms with Crippen molar-refractivity contribution in [2.45, 2.75) is 31.1 Å². The number of thioether (sulfide) groups is 1. The second kappa shape index (κ2) is 7.06. The Hall–Kier alpha value is -2.65. The average Bonchev–Trinajstić information content (AvgIpc) is 3.37. The zero-order chi connectivity index (χ0) is 19.9. The zero-order valence-corrected chi connectivity index (χ0v) is 16.9. The zero-order valence-electron chi connectivity index (χ0n) is 16.1. The number of fused-ring (bicyclic) bond motifs is 1. The van der Waals surface area contributed by atoms with Gasteiger partial charge >= 0.3 is 0 Å². The molecule has 9 heteroatoms. The molecule has 0 saturated heterocycles. The van der Waals surface area contributed by atoms with Crippen LogP contribution in [0.25, 0.3) is 22.3 Å². The third-order valence-corrected chi connectivity index (χ3v) is 5.66. The first-order chi connectivity index (χ1) is 13.3. The van der Waals surface area contributed by atoms with Gasteiger partial charge in [-0.3, -0.25) is 9.48 Å². The van der Waals surface area contributed by atoms with E-state index in [-0.39, 0.29) is 11.2 Å². The summed E-state index contributed by atoms with van der Waals surface area (Å²) in [5.41, 5.74) is 10.3. The van der Waals surface area contributed by atoms with Crippen molar-refractivity contribution in [2.24, 2.45) is 12.8 Å². The normalized spacial score (nSPS) is 17.1. The summed E-state index contributed by atoms with van der Waals surface area (Å²) in [5.74, 6) is 0.0121. The van der Waals surface area contributed by atoms with Gasteiger partial charge < -0.3 is 11.1 Å². The molecule has 1 atom stereocenters. The average molecular weight is 398 g/mol. The van der Waals surface area contributed by atoms with Crippen LogP contribution in [0.3, 0.4) is 0 Å². The van der Waals surface area contributed by atoms with E-state index in [0.717, 1.165) is 27.9 Å². The number of aromatic nitrogens is 5. The number of rotatable bonds is 5. The molecule has 0 fully saturated rings. The van der Waals surface area contributed by atoms with Crippen LogP contribution in [0.15, 0.2) is 36.4 Å². The summed E-state index contributed by atoms with van der Waals surface area (Å²) in [6.07, 6.45) is 9.97. The van der Waals surface area contributed by atoms with Crippen molar-refractivity contribution in [3.05, 3.63) is 42.0 Å². The van der Waals surface area contributed by atoms with Crippen LogP contribution in [-0.4, -0.2) is 47.6 Å². The van der Waals surface area contributed by atoms with Gasteiger partial charge in [-0.25, -0.2) is 9.50 Å². The SMILES string of the molecule is Cn1cc(-c2cnc3c(C4=CSC(C(=O)NCC(C)(C)N)C4)cnn3c2)cn1. The summed E-state index contributed by atoms with van der Waals surface area (Å²) in [7, 11) is 1.88. The Morgan fingerprint density at radius 3 is 2.79 bits per heavy atom. The highest BCUT2D eigenvalue weighted by Crippen LogP contribution is 2.37. The van der Waals surface area contributed by atoms with Gasteiger partial charge in [0.25, 0.3) is 0 Å². The van der Waals surface area contributed by atoms with Gasteiger partial charge in [0.1, 0.15) is 0 Å². The third-order valence-electron chi connectivity index (χ3n) is 4.53. The van der Waals surface area contributed by atoms with E-state index in [2.05, 4.69) is 20.5 Å². The third kappa shape index (κ3) is 3.81. The molecule has 0 bridgehead atoms. The fourth-order valence-corrected chi connectivity index (χ4v) is 4.07. The Morgan fingerprint density at radius 1 is 1.29 bits per heavy atom. The molecule has 3 aromatic rings. The largest absolute Gasteiger partial charge is 0.353 e. The van der Waals surface area contributed by atoms with E-state index in [9.17, 15) is 4.79 Å². The van der Waals surface area contributed by atoms with E-state index in [4.69, 9.17) is 5.73 Å². The smallest absolute Gasteiger partial charge is 0.233 e. The second-order valence-corrected chi connectivity index (χ2v) is 8.83. The van der Waals surface area contributed by atoms with Crippen molar-refractivity contribution < 1.29 is 4.79 Å². The minimum absolute atomic E-state index is 0.0121. The summed E-state index contributed by atoms with van der Waals surface area (Å²) in [5, 5.41) is 13.5. The summed E-state index contributed by atoms with van der Waals surface area (Å²) >= 11 is 1.53. The minimum atomic E-state index is -0.423. The van der Waals surface area contributed by atoms with Gasteiger partial charge in [0.2, 0.25) is 5.91 Å². The van der Waals surface area contributed by atoms with Gasteiger partial charge in [-0.15, -0.1) is 11.8 Å². The van der Waals surface area contributed by atoms with Crippen LogP contribution in [0, 0.1) is 0 Å². The van der Waals surface area contributed by atoms with Crippen LogP contribution in [0.1, 0.15) is 25.8 Å². The Kier molecular flexibility index (Phi) is 4.72. The van der Waals surface area contributed by atoms with Gasteiger partial charge in [0, 0.05) is 54.4 Å². The lowest BCUT2D eigenvalue weighted by Crippen LogP contribution is -2.47. The highest BCUT2D eigenvalue weighted by atomic mass is 32.2. The van der Waals surface area contributed by atoms with Crippen molar-refractivity contribution in [1.82, 2.24) is 29.7 Å². The molecule has 3 N–H and O–H groups in total. The van der Waals surface area contributed by atoms with Crippen LogP contribution >= 0.6 is 11.8 Å². The molecule has 0 radical (unpaired) electrons. The Balaban J connectivity index is 1.50. The Labute approximate surface area is 167 Å². The van der Waals surface area contributed by atoms with Gasteiger partial charge in [-0.2, -0.15) is 10.2 Å². The van der Waals surface area contributed by atoms with E-state index < -0.39 is 5.54 Å². The fraction of sp³-hybridized carbons (Fsp3) is 0.368. The Bertz CT molecular complexity index is 1060. The molecule has 146 valence electrons. The molecular formula is C19H23N7OS. The lowest BCUT2D eigenvalue weighted by molar-refractivity contribution is -0.120. The topological polar surface area (TPSA) is 103 Å². The van der Waals surface area contributed by atoms with E-state index >= 15 is 0 Å². The van der Waals surface area contributed by atoms with Crippen molar-refractivity contribution in [2.75, 3.05) is 6.54 Å². The van der Waals surface area contributed by atoms with Crippen molar-refractivity contribution >= 4 is 28.9 Å². The molecule has 1 aliphatic rings. The molecule has 0 spiro atoms. The molecule has 0 saturated carbocycles. The summed E-state index contributed by atoms with van der Waals surface area (Å²) in [6.45, 7) is 4.24. The molecule has 0 aromatic carbocycles. The van der Waals surface area contributed by atoms with Crippen molar-refractivity contribution in [3.63, 3.8) is 0 Å². The predicted octanol–water partition coefficient (Wildman–Crippen LogP) is 1.83. The molecule has 3 aromatic heterocycles. The number of amides is 1. The molecule has 28 heavy (non-hydrogen) atoms. The molecule has 1 amide bonds. The first-order valence-electron chi connectivity index (χ1n) is 9.04. The van der Waals surface area contributed by atoms with Gasteiger partial charge in [0.15, 0.2) is 5.65 Å². The lowest BCUT2D eigenvalue weighted by atomic mass is 10.0. The number of nitrogens with zero attached hydrogens (tertiary/aromatic N) is 5. The monoisotopic (exact) mass is 397 g/mol. The number of hydrogen-bond acceptors (Lipinski definition) is 6. The summed E-state index contributed by atoms with van der Waals surface area (Å²) in [4.78, 5) is 17.0. The molecule has 4 heterocycles. The second-order valence-electron chi connectivity index (χ2n) is 7.75. The van der Waals surface area contributed by atoms with E-state index in [1.165, 1.54) is 11.8 Å². The number of carbonyl (C=O) groups is 1. The van der Waals surface area contributed by atoms with Crippen LogP contribution in [0.2, 0.25) is 0 Å². The van der Waals surface area contributed by atoms with Crippen molar-refractivity contribution in [3.8, 4) is 11.1 Å². The molecule has 8 nitrogen and oxygen atoms in total. The molecule has 1 aliphatic heterocycles. The number of hydrogen-bond donors (Lipinski definition) is 2. The summed E-state index contributed by atoms with van der Waals surface area (Å²) in [6, 6.07) is 0. The molecule has 4 rings (SSSR count).